The fourth-order valence-corrected chi connectivity index (χ4v) is 2.81. The highest BCUT2D eigenvalue weighted by molar-refractivity contribution is 9.10. The number of carbonyl (C=O) groups is 1. The van der Waals surface area contributed by atoms with Crippen LogP contribution < -0.4 is 5.32 Å². The number of hydrogen-bond donors (Lipinski definition) is 2. The van der Waals surface area contributed by atoms with Crippen LogP contribution in [0.2, 0.25) is 0 Å². The number of aromatic nitrogens is 1. The van der Waals surface area contributed by atoms with E-state index in [4.69, 9.17) is 5.11 Å². The van der Waals surface area contributed by atoms with Gasteiger partial charge < -0.3 is 10.4 Å². The Balaban J connectivity index is 1.78. The highest BCUT2D eigenvalue weighted by Gasteiger charge is 2.20. The molecule has 0 aromatic carbocycles. The zero-order valence-corrected chi connectivity index (χ0v) is 13.0. The fourth-order valence-electron chi connectivity index (χ4n) is 2.57. The standard InChI is InChI=1S/C14H20BrN3O2/c15-12-3-4-13(17-7-12)10-18-5-1-2-11(9-18)6-16-8-14(19)20/h3-4,7,11,16H,1-2,5-6,8-10H2,(H,19,20). The van der Waals surface area contributed by atoms with Gasteiger partial charge in [-0.3, -0.25) is 14.7 Å². The first-order chi connectivity index (χ1) is 9.63. The Kier molecular flexibility index (Phi) is 5.94. The molecule has 1 aliphatic heterocycles. The van der Waals surface area contributed by atoms with Gasteiger partial charge in [-0.05, 0) is 59.9 Å². The van der Waals surface area contributed by atoms with Crippen LogP contribution in [0.5, 0.6) is 0 Å². The van der Waals surface area contributed by atoms with Crippen LogP contribution in [0.4, 0.5) is 0 Å². The molecule has 1 saturated heterocycles. The molecule has 2 heterocycles. The van der Waals surface area contributed by atoms with Crippen molar-refractivity contribution in [2.45, 2.75) is 19.4 Å². The average Bonchev–Trinajstić information content (AvgIpc) is 2.41. The normalized spacial score (nSPS) is 19.9. The van der Waals surface area contributed by atoms with Crippen LogP contribution in [0, 0.1) is 5.92 Å². The second-order valence-corrected chi connectivity index (χ2v) is 6.15. The summed E-state index contributed by atoms with van der Waals surface area (Å²) in [6.45, 7) is 3.78. The van der Waals surface area contributed by atoms with Crippen molar-refractivity contribution in [3.8, 4) is 0 Å². The van der Waals surface area contributed by atoms with Crippen LogP contribution in [0.15, 0.2) is 22.8 Å². The molecule has 5 nitrogen and oxygen atoms in total. The maximum Gasteiger partial charge on any atom is 0.317 e. The molecule has 1 unspecified atom stereocenters. The number of rotatable bonds is 6. The van der Waals surface area contributed by atoms with Gasteiger partial charge in [0.25, 0.3) is 0 Å². The maximum absolute atomic E-state index is 10.5. The van der Waals surface area contributed by atoms with Crippen molar-refractivity contribution in [2.24, 2.45) is 5.92 Å². The van der Waals surface area contributed by atoms with E-state index in [-0.39, 0.29) is 6.54 Å². The van der Waals surface area contributed by atoms with Crippen LogP contribution in [0.1, 0.15) is 18.5 Å². The Morgan fingerprint density at radius 3 is 3.10 bits per heavy atom. The number of nitrogens with zero attached hydrogens (tertiary/aromatic N) is 2. The van der Waals surface area contributed by atoms with Gasteiger partial charge in [0.05, 0.1) is 12.2 Å². The van der Waals surface area contributed by atoms with Gasteiger partial charge in [-0.1, -0.05) is 0 Å². The van der Waals surface area contributed by atoms with Crippen molar-refractivity contribution in [3.63, 3.8) is 0 Å². The number of piperidine rings is 1. The summed E-state index contributed by atoms with van der Waals surface area (Å²) in [4.78, 5) is 17.3. The van der Waals surface area contributed by atoms with Crippen molar-refractivity contribution in [2.75, 3.05) is 26.2 Å². The number of halogens is 1. The van der Waals surface area contributed by atoms with Crippen LogP contribution in [-0.4, -0.2) is 47.1 Å². The van der Waals surface area contributed by atoms with Gasteiger partial charge in [-0.2, -0.15) is 0 Å². The molecular formula is C14H20BrN3O2. The van der Waals surface area contributed by atoms with E-state index < -0.39 is 5.97 Å². The molecular weight excluding hydrogens is 322 g/mol. The molecule has 110 valence electrons. The third-order valence-corrected chi connectivity index (χ3v) is 3.96. The molecule has 1 fully saturated rings. The summed E-state index contributed by atoms with van der Waals surface area (Å²) in [7, 11) is 0. The van der Waals surface area contributed by atoms with E-state index in [9.17, 15) is 4.79 Å². The topological polar surface area (TPSA) is 65.5 Å². The Hall–Kier alpha value is -0.980. The fraction of sp³-hybridized carbons (Fsp3) is 0.571. The van der Waals surface area contributed by atoms with Gasteiger partial charge in [-0.15, -0.1) is 0 Å². The number of carboxylic acid groups (broad SMARTS) is 1. The Morgan fingerprint density at radius 1 is 1.55 bits per heavy atom. The third kappa shape index (κ3) is 5.19. The first kappa shape index (κ1) is 15.4. The summed E-state index contributed by atoms with van der Waals surface area (Å²) in [6, 6.07) is 4.05. The monoisotopic (exact) mass is 341 g/mol. The second kappa shape index (κ2) is 7.71. The van der Waals surface area contributed by atoms with Crippen molar-refractivity contribution < 1.29 is 9.90 Å². The predicted octanol–water partition coefficient (Wildman–Crippen LogP) is 1.73. The molecule has 1 aromatic heterocycles. The smallest absolute Gasteiger partial charge is 0.317 e. The van der Waals surface area contributed by atoms with Crippen molar-refractivity contribution in [1.29, 1.82) is 0 Å². The molecule has 20 heavy (non-hydrogen) atoms. The molecule has 1 aromatic rings. The van der Waals surface area contributed by atoms with Gasteiger partial charge in [0.15, 0.2) is 0 Å². The molecule has 1 aliphatic rings. The largest absolute Gasteiger partial charge is 0.480 e. The Labute approximate surface area is 127 Å². The lowest BCUT2D eigenvalue weighted by molar-refractivity contribution is -0.136. The summed E-state index contributed by atoms with van der Waals surface area (Å²) in [5.74, 6) is -0.268. The lowest BCUT2D eigenvalue weighted by Gasteiger charge is -2.32. The van der Waals surface area contributed by atoms with Gasteiger partial charge in [-0.25, -0.2) is 0 Å². The third-order valence-electron chi connectivity index (χ3n) is 3.49. The molecule has 1 atom stereocenters. The van der Waals surface area contributed by atoms with Gasteiger partial charge >= 0.3 is 5.97 Å². The first-order valence-electron chi connectivity index (χ1n) is 6.89. The molecule has 0 amide bonds. The summed E-state index contributed by atoms with van der Waals surface area (Å²) < 4.78 is 0.996. The maximum atomic E-state index is 10.5. The average molecular weight is 342 g/mol. The van der Waals surface area contributed by atoms with Crippen molar-refractivity contribution in [1.82, 2.24) is 15.2 Å². The first-order valence-corrected chi connectivity index (χ1v) is 7.68. The van der Waals surface area contributed by atoms with Gasteiger partial charge in [0, 0.05) is 23.8 Å². The van der Waals surface area contributed by atoms with Crippen LogP contribution in [-0.2, 0) is 11.3 Å². The van der Waals surface area contributed by atoms with E-state index in [2.05, 4.69) is 31.1 Å². The Bertz CT molecular complexity index is 439. The minimum atomic E-state index is -0.795. The molecule has 0 saturated carbocycles. The molecule has 0 radical (unpaired) electrons. The number of aliphatic carboxylic acids is 1. The lowest BCUT2D eigenvalue weighted by Crippen LogP contribution is -2.40. The number of nitrogens with one attached hydrogen (secondary N) is 1. The highest BCUT2D eigenvalue weighted by Crippen LogP contribution is 2.18. The minimum Gasteiger partial charge on any atom is -0.480 e. The zero-order valence-electron chi connectivity index (χ0n) is 11.4. The molecule has 6 heteroatoms. The number of pyridine rings is 1. The van der Waals surface area contributed by atoms with Gasteiger partial charge in [0.2, 0.25) is 0 Å². The van der Waals surface area contributed by atoms with Crippen LogP contribution in [0.25, 0.3) is 0 Å². The minimum absolute atomic E-state index is 0.0464. The zero-order chi connectivity index (χ0) is 14.4. The number of hydrogen-bond acceptors (Lipinski definition) is 4. The van der Waals surface area contributed by atoms with E-state index in [0.717, 1.165) is 49.2 Å². The summed E-state index contributed by atoms with van der Waals surface area (Å²) >= 11 is 3.39. The Morgan fingerprint density at radius 2 is 2.40 bits per heavy atom. The van der Waals surface area contributed by atoms with E-state index in [1.165, 1.54) is 0 Å². The van der Waals surface area contributed by atoms with E-state index in [1.807, 2.05) is 18.3 Å². The predicted molar refractivity (Wildman–Crippen MR) is 80.4 cm³/mol. The SMILES string of the molecule is O=C(O)CNCC1CCCN(Cc2ccc(Br)cn2)C1. The summed E-state index contributed by atoms with van der Waals surface area (Å²) in [5, 5.41) is 11.6. The van der Waals surface area contributed by atoms with E-state index >= 15 is 0 Å². The molecule has 0 aliphatic carbocycles. The van der Waals surface area contributed by atoms with E-state index in [0.29, 0.717) is 5.92 Å². The van der Waals surface area contributed by atoms with Gasteiger partial charge in [0.1, 0.15) is 0 Å². The number of carboxylic acids is 1. The van der Waals surface area contributed by atoms with Crippen molar-refractivity contribution >= 4 is 21.9 Å². The lowest BCUT2D eigenvalue weighted by atomic mass is 9.98. The molecule has 2 rings (SSSR count). The molecule has 2 N–H and O–H groups in total. The second-order valence-electron chi connectivity index (χ2n) is 5.24. The summed E-state index contributed by atoms with van der Waals surface area (Å²) in [6.07, 6.45) is 4.15. The van der Waals surface area contributed by atoms with Crippen molar-refractivity contribution in [3.05, 3.63) is 28.5 Å². The van der Waals surface area contributed by atoms with Crippen LogP contribution >= 0.6 is 15.9 Å². The summed E-state index contributed by atoms with van der Waals surface area (Å²) in [5.41, 5.74) is 1.08. The van der Waals surface area contributed by atoms with Crippen LogP contribution in [0.3, 0.4) is 0 Å². The van der Waals surface area contributed by atoms with E-state index in [1.54, 1.807) is 0 Å². The molecule has 0 bridgehead atoms. The number of likely N-dealkylation sites (tertiary alicyclic amines) is 1. The quantitative estimate of drug-likeness (QED) is 0.824. The highest BCUT2D eigenvalue weighted by atomic mass is 79.9. The molecule has 0 spiro atoms.